The van der Waals surface area contributed by atoms with Crippen molar-refractivity contribution in [1.82, 2.24) is 4.90 Å². The van der Waals surface area contributed by atoms with Crippen LogP contribution in [0.3, 0.4) is 0 Å². The number of alkyl halides is 1. The fourth-order valence-corrected chi connectivity index (χ4v) is 3.14. The molecular formula is C21H26ClNO2. The number of hydrogen-bond acceptors (Lipinski definition) is 3. The number of hydrogen-bond donors (Lipinski definition) is 0. The molecule has 0 aliphatic heterocycles. The molecule has 25 heavy (non-hydrogen) atoms. The summed E-state index contributed by atoms with van der Waals surface area (Å²) >= 11 is 6.85. The second-order valence-electron chi connectivity index (χ2n) is 5.91. The molecule has 0 aliphatic carbocycles. The number of esters is 1. The third-order valence-corrected chi connectivity index (χ3v) is 4.96. The van der Waals surface area contributed by atoms with Gasteiger partial charge in [-0.2, -0.15) is 0 Å². The van der Waals surface area contributed by atoms with Crippen LogP contribution in [0.2, 0.25) is 0 Å². The summed E-state index contributed by atoms with van der Waals surface area (Å²) in [5.41, 5.74) is 1.44. The lowest BCUT2D eigenvalue weighted by Gasteiger charge is -2.26. The maximum Gasteiger partial charge on any atom is 0.336 e. The summed E-state index contributed by atoms with van der Waals surface area (Å²) in [6.07, 6.45) is 0.796. The third kappa shape index (κ3) is 4.83. The fraction of sp³-hybridized carbons (Fsp3) is 0.381. The molecule has 2 aromatic carbocycles. The van der Waals surface area contributed by atoms with E-state index in [1.807, 2.05) is 60.7 Å². The summed E-state index contributed by atoms with van der Waals surface area (Å²) in [6.45, 7) is 7.53. The van der Waals surface area contributed by atoms with Crippen molar-refractivity contribution in [3.63, 3.8) is 0 Å². The highest BCUT2D eigenvalue weighted by molar-refractivity contribution is 6.36. The normalized spacial score (nSPS) is 11.5. The van der Waals surface area contributed by atoms with E-state index in [2.05, 4.69) is 18.7 Å². The largest absolute Gasteiger partial charge is 0.464 e. The molecule has 0 unspecified atom stereocenters. The molecule has 2 rings (SSSR count). The Labute approximate surface area is 155 Å². The highest BCUT2D eigenvalue weighted by Crippen LogP contribution is 2.37. The lowest BCUT2D eigenvalue weighted by atomic mass is 9.90. The molecule has 0 radical (unpaired) electrons. The summed E-state index contributed by atoms with van der Waals surface area (Å²) < 4.78 is 5.56. The zero-order valence-corrected chi connectivity index (χ0v) is 15.7. The van der Waals surface area contributed by atoms with Gasteiger partial charge in [0.1, 0.15) is 0 Å². The molecule has 3 nitrogen and oxygen atoms in total. The smallest absolute Gasteiger partial charge is 0.336 e. The van der Waals surface area contributed by atoms with Crippen LogP contribution in [0.4, 0.5) is 0 Å². The number of halogens is 1. The van der Waals surface area contributed by atoms with E-state index in [0.717, 1.165) is 37.2 Å². The standard InChI is InChI=1S/C21H26ClNO2/c1-3-23(4-2)16-11-17-25-20(24)21(22,18-12-7-5-8-13-18)19-14-9-6-10-15-19/h5-10,12-15H,3-4,11,16-17H2,1-2H3. The Hall–Kier alpha value is -1.84. The van der Waals surface area contributed by atoms with Gasteiger partial charge in [-0.25, -0.2) is 4.79 Å². The van der Waals surface area contributed by atoms with Gasteiger partial charge in [0.15, 0.2) is 4.87 Å². The Morgan fingerprint density at radius 1 is 0.960 bits per heavy atom. The van der Waals surface area contributed by atoms with Crippen molar-refractivity contribution >= 4 is 17.6 Å². The molecular weight excluding hydrogens is 334 g/mol. The van der Waals surface area contributed by atoms with Crippen molar-refractivity contribution in [1.29, 1.82) is 0 Å². The van der Waals surface area contributed by atoms with Gasteiger partial charge in [-0.3, -0.25) is 0 Å². The van der Waals surface area contributed by atoms with E-state index < -0.39 is 10.8 Å². The van der Waals surface area contributed by atoms with Crippen molar-refractivity contribution in [2.45, 2.75) is 25.1 Å². The van der Waals surface area contributed by atoms with Crippen molar-refractivity contribution < 1.29 is 9.53 Å². The van der Waals surface area contributed by atoms with Gasteiger partial charge in [0.25, 0.3) is 0 Å². The molecule has 0 aliphatic rings. The van der Waals surface area contributed by atoms with E-state index in [0.29, 0.717) is 6.61 Å². The second-order valence-corrected chi connectivity index (χ2v) is 6.47. The van der Waals surface area contributed by atoms with Crippen molar-refractivity contribution in [2.24, 2.45) is 0 Å². The highest BCUT2D eigenvalue weighted by atomic mass is 35.5. The number of benzene rings is 2. The predicted octanol–water partition coefficient (Wildman–Crippen LogP) is 4.44. The van der Waals surface area contributed by atoms with Crippen LogP contribution in [0.1, 0.15) is 31.4 Å². The van der Waals surface area contributed by atoms with Gasteiger partial charge < -0.3 is 9.64 Å². The highest BCUT2D eigenvalue weighted by Gasteiger charge is 2.41. The van der Waals surface area contributed by atoms with Crippen LogP contribution in [0, 0.1) is 0 Å². The zero-order valence-electron chi connectivity index (χ0n) is 15.0. The molecule has 2 aromatic rings. The Kier molecular flexibility index (Phi) is 7.48. The molecule has 0 bridgehead atoms. The molecule has 0 fully saturated rings. The van der Waals surface area contributed by atoms with E-state index >= 15 is 0 Å². The van der Waals surface area contributed by atoms with Crippen LogP contribution in [-0.2, 0) is 14.4 Å². The van der Waals surface area contributed by atoms with Gasteiger partial charge in [0.05, 0.1) is 6.61 Å². The lowest BCUT2D eigenvalue weighted by molar-refractivity contribution is -0.146. The molecule has 0 aromatic heterocycles. The molecule has 0 heterocycles. The van der Waals surface area contributed by atoms with Crippen LogP contribution in [0.15, 0.2) is 60.7 Å². The van der Waals surface area contributed by atoms with Gasteiger partial charge >= 0.3 is 5.97 Å². The maximum absolute atomic E-state index is 12.9. The van der Waals surface area contributed by atoms with E-state index in [4.69, 9.17) is 16.3 Å². The maximum atomic E-state index is 12.9. The minimum absolute atomic E-state index is 0.365. The number of ether oxygens (including phenoxy) is 1. The predicted molar refractivity (Wildman–Crippen MR) is 103 cm³/mol. The molecule has 134 valence electrons. The van der Waals surface area contributed by atoms with Crippen LogP contribution >= 0.6 is 11.6 Å². The van der Waals surface area contributed by atoms with Crippen LogP contribution < -0.4 is 0 Å². The molecule has 0 amide bonds. The minimum atomic E-state index is -1.32. The monoisotopic (exact) mass is 359 g/mol. The first-order chi connectivity index (χ1) is 12.1. The molecule has 0 spiro atoms. The summed E-state index contributed by atoms with van der Waals surface area (Å²) in [4.78, 5) is 13.9. The third-order valence-electron chi connectivity index (χ3n) is 4.37. The Bertz CT molecular complexity index is 602. The van der Waals surface area contributed by atoms with Gasteiger partial charge in [-0.05, 0) is 30.6 Å². The molecule has 0 N–H and O–H groups in total. The Morgan fingerprint density at radius 3 is 1.88 bits per heavy atom. The molecule has 0 saturated carbocycles. The van der Waals surface area contributed by atoms with Crippen molar-refractivity contribution in [2.75, 3.05) is 26.2 Å². The first-order valence-electron chi connectivity index (χ1n) is 8.82. The fourth-order valence-electron chi connectivity index (χ4n) is 2.83. The molecule has 0 saturated heterocycles. The first-order valence-corrected chi connectivity index (χ1v) is 9.20. The minimum Gasteiger partial charge on any atom is -0.464 e. The van der Waals surface area contributed by atoms with Gasteiger partial charge in [-0.15, -0.1) is 0 Å². The Balaban J connectivity index is 2.12. The van der Waals surface area contributed by atoms with Crippen LogP contribution in [0.25, 0.3) is 0 Å². The van der Waals surface area contributed by atoms with Crippen LogP contribution in [0.5, 0.6) is 0 Å². The summed E-state index contributed by atoms with van der Waals surface area (Å²) in [5, 5.41) is 0. The lowest BCUT2D eigenvalue weighted by Crippen LogP contribution is -2.34. The average Bonchev–Trinajstić information content (AvgIpc) is 2.68. The SMILES string of the molecule is CCN(CC)CCCOC(=O)C(Cl)(c1ccccc1)c1ccccc1. The van der Waals surface area contributed by atoms with E-state index in [9.17, 15) is 4.79 Å². The van der Waals surface area contributed by atoms with E-state index in [-0.39, 0.29) is 0 Å². The molecule has 4 heteroatoms. The number of nitrogens with zero attached hydrogens (tertiary/aromatic N) is 1. The topological polar surface area (TPSA) is 29.5 Å². The van der Waals surface area contributed by atoms with Gasteiger partial charge in [0.2, 0.25) is 0 Å². The summed E-state index contributed by atoms with van der Waals surface area (Å²) in [6, 6.07) is 18.8. The quantitative estimate of drug-likeness (QED) is 0.376. The van der Waals surface area contributed by atoms with Gasteiger partial charge in [0, 0.05) is 6.54 Å². The average molecular weight is 360 g/mol. The second kappa shape index (κ2) is 9.59. The van der Waals surface area contributed by atoms with Gasteiger partial charge in [-0.1, -0.05) is 86.1 Å². The van der Waals surface area contributed by atoms with Crippen LogP contribution in [-0.4, -0.2) is 37.1 Å². The number of carbonyl (C=O) groups is 1. The zero-order chi connectivity index (χ0) is 18.1. The van der Waals surface area contributed by atoms with E-state index in [1.54, 1.807) is 0 Å². The van der Waals surface area contributed by atoms with Crippen molar-refractivity contribution in [3.8, 4) is 0 Å². The molecule has 0 atom stereocenters. The first kappa shape index (κ1) is 19.5. The summed E-state index contributed by atoms with van der Waals surface area (Å²) in [7, 11) is 0. The van der Waals surface area contributed by atoms with Crippen molar-refractivity contribution in [3.05, 3.63) is 71.8 Å². The summed E-state index contributed by atoms with van der Waals surface area (Å²) in [5.74, 6) is -0.425. The number of carbonyl (C=O) groups excluding carboxylic acids is 1. The number of rotatable bonds is 9. The van der Waals surface area contributed by atoms with E-state index in [1.165, 1.54) is 0 Å². The Morgan fingerprint density at radius 2 is 1.44 bits per heavy atom.